The fourth-order valence-corrected chi connectivity index (χ4v) is 6.76. The Morgan fingerprint density at radius 2 is 1.06 bits per heavy atom. The summed E-state index contributed by atoms with van der Waals surface area (Å²) in [5.74, 6) is 0.810. The summed E-state index contributed by atoms with van der Waals surface area (Å²) in [6.45, 7) is 15.4. The minimum Gasteiger partial charge on any atom is -0.466 e. The molecule has 0 aliphatic heterocycles. The largest absolute Gasteiger partial charge is 0.466 e. The number of ether oxygens (including phenoxy) is 2. The molecule has 286 valence electrons. The Bertz CT molecular complexity index is 706. The number of hydrogen-bond donors (Lipinski definition) is 1. The predicted octanol–water partition coefficient (Wildman–Crippen LogP) is 11.6. The highest BCUT2D eigenvalue weighted by Crippen LogP contribution is 2.26. The van der Waals surface area contributed by atoms with Crippen LogP contribution in [0.3, 0.4) is 0 Å². The molecule has 0 spiro atoms. The van der Waals surface area contributed by atoms with Crippen LogP contribution in [0, 0.1) is 11.3 Å². The molecule has 0 bridgehead atoms. The molecule has 1 N–H and O–H groups in total. The lowest BCUT2D eigenvalue weighted by Gasteiger charge is -2.23. The summed E-state index contributed by atoms with van der Waals surface area (Å²) in [4.78, 5) is 27.2. The maximum Gasteiger partial charge on any atom is 0.311 e. The summed E-state index contributed by atoms with van der Waals surface area (Å²) in [5, 5.41) is 9.36. The molecule has 0 aromatic carbocycles. The van der Waals surface area contributed by atoms with Crippen molar-refractivity contribution in [2.45, 2.75) is 208 Å². The van der Waals surface area contributed by atoms with E-state index in [0.29, 0.717) is 19.6 Å². The molecule has 0 radical (unpaired) electrons. The van der Waals surface area contributed by atoms with E-state index in [2.05, 4.69) is 25.7 Å². The molecule has 0 amide bonds. The van der Waals surface area contributed by atoms with Crippen LogP contribution in [0.2, 0.25) is 0 Å². The smallest absolute Gasteiger partial charge is 0.311 e. The third-order valence-corrected chi connectivity index (χ3v) is 9.96. The predicted molar refractivity (Wildman–Crippen MR) is 204 cm³/mol. The van der Waals surface area contributed by atoms with Gasteiger partial charge in [0.15, 0.2) is 0 Å². The van der Waals surface area contributed by atoms with Crippen molar-refractivity contribution in [2.75, 3.05) is 39.5 Å². The second-order valence-corrected chi connectivity index (χ2v) is 15.3. The zero-order chi connectivity index (χ0) is 35.6. The molecule has 0 aliphatic rings. The summed E-state index contributed by atoms with van der Waals surface area (Å²) < 4.78 is 11.1. The van der Waals surface area contributed by atoms with Crippen LogP contribution < -0.4 is 0 Å². The molecule has 48 heavy (non-hydrogen) atoms. The first-order valence-corrected chi connectivity index (χ1v) is 21.0. The van der Waals surface area contributed by atoms with Gasteiger partial charge >= 0.3 is 11.9 Å². The van der Waals surface area contributed by atoms with Crippen LogP contribution in [-0.4, -0.2) is 61.4 Å². The van der Waals surface area contributed by atoms with Crippen LogP contribution in [0.4, 0.5) is 0 Å². The first-order chi connectivity index (χ1) is 23.3. The molecule has 0 atom stereocenters. The number of carbonyl (C=O) groups is 2. The molecule has 0 aliphatic carbocycles. The lowest BCUT2D eigenvalue weighted by Crippen LogP contribution is -2.28. The number of rotatable bonds is 37. The Morgan fingerprint density at radius 3 is 1.67 bits per heavy atom. The molecular weight excluding hydrogens is 598 g/mol. The highest BCUT2D eigenvalue weighted by molar-refractivity contribution is 5.75. The molecule has 6 nitrogen and oxygen atoms in total. The SMILES string of the molecule is CCCCCCCCCOC(=O)CCCCCCCN(CCCO)CCCCCCC(C)(C)C(=O)OCCCCCC(CCC)CCC. The lowest BCUT2D eigenvalue weighted by molar-refractivity contribution is -0.154. The third-order valence-electron chi connectivity index (χ3n) is 9.96. The number of aliphatic hydroxyl groups excluding tert-OH is 1. The van der Waals surface area contributed by atoms with Crippen molar-refractivity contribution < 1.29 is 24.2 Å². The fourth-order valence-electron chi connectivity index (χ4n) is 6.76. The number of carbonyl (C=O) groups excluding carboxylic acids is 2. The lowest BCUT2D eigenvalue weighted by atomic mass is 9.87. The maximum atomic E-state index is 12.7. The first-order valence-electron chi connectivity index (χ1n) is 21.0. The van der Waals surface area contributed by atoms with Crippen molar-refractivity contribution >= 4 is 11.9 Å². The van der Waals surface area contributed by atoms with Crippen molar-refractivity contribution in [2.24, 2.45) is 11.3 Å². The number of nitrogens with zero attached hydrogens (tertiary/aromatic N) is 1. The van der Waals surface area contributed by atoms with Gasteiger partial charge in [-0.25, -0.2) is 0 Å². The van der Waals surface area contributed by atoms with Crippen LogP contribution in [0.25, 0.3) is 0 Å². The van der Waals surface area contributed by atoms with E-state index in [1.165, 1.54) is 96.3 Å². The summed E-state index contributed by atoms with van der Waals surface area (Å²) in [6.07, 6.45) is 31.0. The molecule has 0 aromatic heterocycles. The topological polar surface area (TPSA) is 76.1 Å². The number of esters is 2. The van der Waals surface area contributed by atoms with Crippen LogP contribution in [0.5, 0.6) is 0 Å². The molecule has 0 saturated carbocycles. The van der Waals surface area contributed by atoms with Gasteiger partial charge in [0.25, 0.3) is 0 Å². The molecule has 0 aromatic rings. The van der Waals surface area contributed by atoms with Gasteiger partial charge in [-0.05, 0) is 77.8 Å². The number of unbranched alkanes of at least 4 members (excludes halogenated alkanes) is 15. The Kier molecular flexibility index (Phi) is 33.5. The van der Waals surface area contributed by atoms with E-state index in [4.69, 9.17) is 9.47 Å². The van der Waals surface area contributed by atoms with E-state index in [1.54, 1.807) is 0 Å². The Morgan fingerprint density at radius 1 is 0.562 bits per heavy atom. The van der Waals surface area contributed by atoms with Crippen LogP contribution >= 0.6 is 0 Å². The van der Waals surface area contributed by atoms with E-state index in [0.717, 1.165) is 96.2 Å². The zero-order valence-corrected chi connectivity index (χ0v) is 32.9. The molecule has 6 heteroatoms. The van der Waals surface area contributed by atoms with Gasteiger partial charge < -0.3 is 19.5 Å². The maximum absolute atomic E-state index is 12.7. The van der Waals surface area contributed by atoms with Gasteiger partial charge in [0, 0.05) is 19.6 Å². The quantitative estimate of drug-likeness (QED) is 0.0519. The Balaban J connectivity index is 3.91. The standard InChI is InChI=1S/C42H83NO5/c1-6-9-10-11-12-18-25-37-47-40(45)31-21-14-13-16-23-33-43(35-27-36-44)34-24-17-15-22-32-42(4,5)41(46)48-38-26-19-20-30-39(28-7-2)29-8-3/h39,44H,6-38H2,1-5H3. The van der Waals surface area contributed by atoms with Crippen molar-refractivity contribution in [3.63, 3.8) is 0 Å². The van der Waals surface area contributed by atoms with Gasteiger partial charge in [0.05, 0.1) is 18.6 Å². The molecule has 0 rings (SSSR count). The normalized spacial score (nSPS) is 11.9. The highest BCUT2D eigenvalue weighted by Gasteiger charge is 2.28. The van der Waals surface area contributed by atoms with E-state index in [1.807, 2.05) is 13.8 Å². The third kappa shape index (κ3) is 29.7. The van der Waals surface area contributed by atoms with Crippen molar-refractivity contribution in [1.29, 1.82) is 0 Å². The van der Waals surface area contributed by atoms with Gasteiger partial charge in [0.1, 0.15) is 0 Å². The van der Waals surface area contributed by atoms with Crippen LogP contribution in [0.15, 0.2) is 0 Å². The molecule has 0 saturated heterocycles. The van der Waals surface area contributed by atoms with E-state index in [9.17, 15) is 14.7 Å². The van der Waals surface area contributed by atoms with Crippen molar-refractivity contribution in [1.82, 2.24) is 4.90 Å². The number of aliphatic hydroxyl groups is 1. The minimum atomic E-state index is -0.409. The van der Waals surface area contributed by atoms with E-state index in [-0.39, 0.29) is 18.5 Å². The van der Waals surface area contributed by atoms with Crippen LogP contribution in [-0.2, 0) is 19.1 Å². The summed E-state index contributed by atoms with van der Waals surface area (Å²) >= 11 is 0. The molecular formula is C42H83NO5. The second kappa shape index (κ2) is 34.3. The first kappa shape index (κ1) is 46.9. The summed E-state index contributed by atoms with van der Waals surface area (Å²) in [5.41, 5.74) is -0.409. The minimum absolute atomic E-state index is 0.0289. The van der Waals surface area contributed by atoms with Gasteiger partial charge in [-0.2, -0.15) is 0 Å². The van der Waals surface area contributed by atoms with Gasteiger partial charge in [0.2, 0.25) is 0 Å². The summed E-state index contributed by atoms with van der Waals surface area (Å²) in [6, 6.07) is 0. The Hall–Kier alpha value is -1.14. The van der Waals surface area contributed by atoms with Gasteiger partial charge in [-0.3, -0.25) is 9.59 Å². The Labute approximate surface area is 299 Å². The molecule has 0 fully saturated rings. The molecule has 0 unspecified atom stereocenters. The van der Waals surface area contributed by atoms with Crippen molar-refractivity contribution in [3.05, 3.63) is 0 Å². The second-order valence-electron chi connectivity index (χ2n) is 15.3. The number of hydrogen-bond acceptors (Lipinski definition) is 6. The molecule has 0 heterocycles. The van der Waals surface area contributed by atoms with Gasteiger partial charge in [-0.15, -0.1) is 0 Å². The highest BCUT2D eigenvalue weighted by atomic mass is 16.5. The zero-order valence-electron chi connectivity index (χ0n) is 32.9. The fraction of sp³-hybridized carbons (Fsp3) is 0.952. The van der Waals surface area contributed by atoms with E-state index >= 15 is 0 Å². The van der Waals surface area contributed by atoms with Crippen molar-refractivity contribution in [3.8, 4) is 0 Å². The monoisotopic (exact) mass is 682 g/mol. The van der Waals surface area contributed by atoms with Crippen LogP contribution in [0.1, 0.15) is 208 Å². The summed E-state index contributed by atoms with van der Waals surface area (Å²) in [7, 11) is 0. The average molecular weight is 682 g/mol. The van der Waals surface area contributed by atoms with E-state index < -0.39 is 5.41 Å². The van der Waals surface area contributed by atoms with Gasteiger partial charge in [-0.1, -0.05) is 143 Å². The average Bonchev–Trinajstić information content (AvgIpc) is 3.06.